The first-order valence-electron chi connectivity index (χ1n) is 5.72. The van der Waals surface area contributed by atoms with Crippen LogP contribution < -0.4 is 5.32 Å². The van der Waals surface area contributed by atoms with Crippen LogP contribution in [0.3, 0.4) is 0 Å². The van der Waals surface area contributed by atoms with Crippen molar-refractivity contribution in [3.8, 4) is 0 Å². The van der Waals surface area contributed by atoms with Gasteiger partial charge in [-0.3, -0.25) is 0 Å². The summed E-state index contributed by atoms with van der Waals surface area (Å²) in [7, 11) is 1.92. The van der Waals surface area contributed by atoms with Gasteiger partial charge >= 0.3 is 5.97 Å². The summed E-state index contributed by atoms with van der Waals surface area (Å²) < 4.78 is 0. The monoisotopic (exact) mass is 233 g/mol. The van der Waals surface area contributed by atoms with Gasteiger partial charge < -0.3 is 10.4 Å². The lowest BCUT2D eigenvalue weighted by atomic mass is 9.99. The summed E-state index contributed by atoms with van der Waals surface area (Å²) in [6.45, 7) is 4.62. The zero-order valence-corrected chi connectivity index (χ0v) is 10.6. The van der Waals surface area contributed by atoms with E-state index in [4.69, 9.17) is 5.11 Å². The maximum atomic E-state index is 11.0. The number of benzene rings is 1. The van der Waals surface area contributed by atoms with E-state index in [2.05, 4.69) is 11.4 Å². The van der Waals surface area contributed by atoms with Crippen LogP contribution in [0, 0.1) is 13.8 Å². The lowest BCUT2D eigenvalue weighted by Gasteiger charge is -2.06. The van der Waals surface area contributed by atoms with Gasteiger partial charge in [-0.05, 0) is 50.6 Å². The highest BCUT2D eigenvalue weighted by Gasteiger charge is 2.10. The van der Waals surface area contributed by atoms with Gasteiger partial charge in [0.2, 0.25) is 0 Å². The molecule has 17 heavy (non-hydrogen) atoms. The molecule has 3 heteroatoms. The predicted molar refractivity (Wildman–Crippen MR) is 70.5 cm³/mol. The van der Waals surface area contributed by atoms with Crippen molar-refractivity contribution >= 4 is 12.0 Å². The molecule has 1 aromatic rings. The molecule has 0 aliphatic heterocycles. The summed E-state index contributed by atoms with van der Waals surface area (Å²) in [6.07, 6.45) is 5.09. The van der Waals surface area contributed by atoms with Crippen molar-refractivity contribution in [3.05, 3.63) is 40.5 Å². The minimum atomic E-state index is -0.856. The summed E-state index contributed by atoms with van der Waals surface area (Å²) in [6, 6.07) is 3.82. The number of carboxylic acids is 1. The maximum absolute atomic E-state index is 11.0. The minimum absolute atomic E-state index is 0.414. The molecule has 0 unspecified atom stereocenters. The van der Waals surface area contributed by atoms with E-state index in [1.807, 2.05) is 39.1 Å². The fourth-order valence-electron chi connectivity index (χ4n) is 1.88. The van der Waals surface area contributed by atoms with Gasteiger partial charge in [-0.1, -0.05) is 24.3 Å². The second-order valence-electron chi connectivity index (χ2n) is 4.13. The Kier molecular flexibility index (Phi) is 4.91. The Morgan fingerprint density at radius 2 is 1.94 bits per heavy atom. The van der Waals surface area contributed by atoms with Crippen molar-refractivity contribution in [2.75, 3.05) is 13.6 Å². The lowest BCUT2D eigenvalue weighted by molar-refractivity contribution is 0.0695. The molecule has 0 saturated carbocycles. The maximum Gasteiger partial charge on any atom is 0.336 e. The number of carboxylic acid groups (broad SMARTS) is 1. The lowest BCUT2D eigenvalue weighted by Crippen LogP contribution is -2.05. The van der Waals surface area contributed by atoms with Crippen LogP contribution in [0.1, 0.15) is 33.5 Å². The van der Waals surface area contributed by atoms with Crippen LogP contribution in [0.2, 0.25) is 0 Å². The number of aromatic carboxylic acids is 1. The normalized spacial score (nSPS) is 11.0. The zero-order valence-electron chi connectivity index (χ0n) is 10.6. The largest absolute Gasteiger partial charge is 0.478 e. The minimum Gasteiger partial charge on any atom is -0.478 e. The molecule has 0 aliphatic rings. The molecule has 3 nitrogen and oxygen atoms in total. The van der Waals surface area contributed by atoms with Crippen LogP contribution >= 0.6 is 0 Å². The van der Waals surface area contributed by atoms with Gasteiger partial charge in [0, 0.05) is 0 Å². The van der Waals surface area contributed by atoms with Crippen molar-refractivity contribution in [2.24, 2.45) is 0 Å². The highest BCUT2D eigenvalue weighted by atomic mass is 16.4. The fraction of sp³-hybridized carbons (Fsp3) is 0.357. The molecule has 0 heterocycles. The Morgan fingerprint density at radius 3 is 2.41 bits per heavy atom. The topological polar surface area (TPSA) is 49.3 Å². The summed E-state index contributed by atoms with van der Waals surface area (Å²) >= 11 is 0. The fourth-order valence-corrected chi connectivity index (χ4v) is 1.88. The number of carbonyl (C=O) groups is 1. The second kappa shape index (κ2) is 6.21. The zero-order chi connectivity index (χ0) is 12.8. The highest BCUT2D eigenvalue weighted by molar-refractivity contribution is 5.91. The van der Waals surface area contributed by atoms with Crippen molar-refractivity contribution in [2.45, 2.75) is 20.3 Å². The molecule has 92 valence electrons. The number of hydrogen-bond donors (Lipinski definition) is 2. The number of hydrogen-bond acceptors (Lipinski definition) is 2. The highest BCUT2D eigenvalue weighted by Crippen LogP contribution is 2.17. The van der Waals surface area contributed by atoms with Crippen LogP contribution in [0.4, 0.5) is 0 Å². The van der Waals surface area contributed by atoms with E-state index >= 15 is 0 Å². The SMILES string of the molecule is CNCCC=Cc1cc(C)c(C(=O)O)c(C)c1. The average molecular weight is 233 g/mol. The summed E-state index contributed by atoms with van der Waals surface area (Å²) in [5.74, 6) is -0.856. The van der Waals surface area contributed by atoms with Crippen molar-refractivity contribution in [1.82, 2.24) is 5.32 Å². The molecule has 0 aliphatic carbocycles. The summed E-state index contributed by atoms with van der Waals surface area (Å²) in [5.41, 5.74) is 3.09. The third-order valence-corrected chi connectivity index (χ3v) is 2.64. The molecule has 0 aromatic heterocycles. The van der Waals surface area contributed by atoms with Gasteiger partial charge in [0.1, 0.15) is 0 Å². The first kappa shape index (κ1) is 13.5. The first-order valence-corrected chi connectivity index (χ1v) is 5.72. The molecule has 0 radical (unpaired) electrons. The first-order chi connectivity index (χ1) is 8.06. The standard InChI is InChI=1S/C14H19NO2/c1-10-8-12(6-4-5-7-15-3)9-11(2)13(10)14(16)17/h4,6,8-9,15H,5,7H2,1-3H3,(H,16,17). The van der Waals surface area contributed by atoms with Gasteiger partial charge in [0.05, 0.1) is 5.56 Å². The van der Waals surface area contributed by atoms with Gasteiger partial charge in [-0.25, -0.2) is 4.79 Å². The summed E-state index contributed by atoms with van der Waals surface area (Å²) in [4.78, 5) is 11.0. The molecule has 1 aromatic carbocycles. The van der Waals surface area contributed by atoms with Gasteiger partial charge in [-0.2, -0.15) is 0 Å². The van der Waals surface area contributed by atoms with E-state index in [1.165, 1.54) is 0 Å². The Morgan fingerprint density at radius 1 is 1.35 bits per heavy atom. The van der Waals surface area contributed by atoms with E-state index in [9.17, 15) is 4.79 Å². The van der Waals surface area contributed by atoms with E-state index in [-0.39, 0.29) is 0 Å². The quantitative estimate of drug-likeness (QED) is 0.769. The van der Waals surface area contributed by atoms with E-state index in [1.54, 1.807) is 0 Å². The van der Waals surface area contributed by atoms with Crippen LogP contribution in [0.15, 0.2) is 18.2 Å². The van der Waals surface area contributed by atoms with E-state index in [0.717, 1.165) is 29.7 Å². The molecular formula is C14H19NO2. The number of aryl methyl sites for hydroxylation is 2. The second-order valence-corrected chi connectivity index (χ2v) is 4.13. The Hall–Kier alpha value is -1.61. The molecule has 2 N–H and O–H groups in total. The van der Waals surface area contributed by atoms with Crippen LogP contribution in [0.5, 0.6) is 0 Å². The molecule has 0 saturated heterocycles. The molecule has 0 amide bonds. The van der Waals surface area contributed by atoms with E-state index in [0.29, 0.717) is 5.56 Å². The van der Waals surface area contributed by atoms with Gasteiger partial charge in [0.15, 0.2) is 0 Å². The van der Waals surface area contributed by atoms with Crippen LogP contribution in [-0.2, 0) is 0 Å². The molecule has 0 spiro atoms. The number of nitrogens with one attached hydrogen (secondary N) is 1. The predicted octanol–water partition coefficient (Wildman–Crippen LogP) is 2.62. The average Bonchev–Trinajstić information content (AvgIpc) is 2.23. The Labute approximate surface area is 102 Å². The number of rotatable bonds is 5. The smallest absolute Gasteiger partial charge is 0.336 e. The third kappa shape index (κ3) is 3.71. The van der Waals surface area contributed by atoms with Crippen molar-refractivity contribution in [3.63, 3.8) is 0 Å². The van der Waals surface area contributed by atoms with Crippen LogP contribution in [0.25, 0.3) is 6.08 Å². The molecule has 1 rings (SSSR count). The Balaban J connectivity index is 2.91. The van der Waals surface area contributed by atoms with Crippen molar-refractivity contribution < 1.29 is 9.90 Å². The summed E-state index contributed by atoms with van der Waals surface area (Å²) in [5, 5.41) is 12.1. The molecule has 0 atom stereocenters. The third-order valence-electron chi connectivity index (χ3n) is 2.64. The molecule has 0 bridgehead atoms. The van der Waals surface area contributed by atoms with Crippen molar-refractivity contribution in [1.29, 1.82) is 0 Å². The van der Waals surface area contributed by atoms with E-state index < -0.39 is 5.97 Å². The van der Waals surface area contributed by atoms with Gasteiger partial charge in [-0.15, -0.1) is 0 Å². The van der Waals surface area contributed by atoms with Gasteiger partial charge in [0.25, 0.3) is 0 Å². The molecular weight excluding hydrogens is 214 g/mol. The molecule has 0 fully saturated rings. The van der Waals surface area contributed by atoms with Crippen LogP contribution in [-0.4, -0.2) is 24.7 Å². The Bertz CT molecular complexity index is 413.